The largest absolute Gasteiger partial charge is 0.310 e. The maximum absolute atomic E-state index is 6.12. The Morgan fingerprint density at radius 3 is 2.31 bits per heavy atom. The summed E-state index contributed by atoms with van der Waals surface area (Å²) in [5.74, 6) is 0. The Hall–Kier alpha value is -0.530. The third kappa shape index (κ3) is 4.54. The van der Waals surface area contributed by atoms with Crippen LogP contribution in [0.5, 0.6) is 0 Å². The van der Waals surface area contributed by atoms with Crippen LogP contribution in [0.15, 0.2) is 24.3 Å². The summed E-state index contributed by atoms with van der Waals surface area (Å²) in [5.41, 5.74) is 1.20. The lowest BCUT2D eigenvalue weighted by atomic mass is 10.1. The summed E-state index contributed by atoms with van der Waals surface area (Å²) in [6.07, 6.45) is 4.97. The van der Waals surface area contributed by atoms with Crippen molar-refractivity contribution in [2.45, 2.75) is 52.1 Å². The second kappa shape index (κ2) is 7.70. The zero-order chi connectivity index (χ0) is 11.8. The summed E-state index contributed by atoms with van der Waals surface area (Å²) in [5, 5.41) is 4.46. The van der Waals surface area contributed by atoms with Crippen molar-refractivity contribution in [3.8, 4) is 0 Å². The molecule has 0 spiro atoms. The number of halogens is 1. The van der Waals surface area contributed by atoms with E-state index in [1.165, 1.54) is 31.2 Å². The van der Waals surface area contributed by atoms with E-state index in [4.69, 9.17) is 11.6 Å². The molecule has 0 amide bonds. The van der Waals surface area contributed by atoms with E-state index in [0.717, 1.165) is 11.6 Å². The molecule has 0 atom stereocenters. The number of hydrogen-bond donors (Lipinski definition) is 1. The maximum Gasteiger partial charge on any atom is 0.0450 e. The van der Waals surface area contributed by atoms with E-state index in [1.54, 1.807) is 0 Å². The molecular formula is C14H22ClN. The van der Waals surface area contributed by atoms with Crippen molar-refractivity contribution in [3.63, 3.8) is 0 Å². The highest BCUT2D eigenvalue weighted by Crippen LogP contribution is 2.15. The van der Waals surface area contributed by atoms with Crippen molar-refractivity contribution >= 4 is 11.6 Å². The Kier molecular flexibility index (Phi) is 6.51. The van der Waals surface area contributed by atoms with Gasteiger partial charge >= 0.3 is 0 Å². The van der Waals surface area contributed by atoms with Gasteiger partial charge in [-0.2, -0.15) is 0 Å². The van der Waals surface area contributed by atoms with Crippen LogP contribution in [0, 0.1) is 0 Å². The van der Waals surface area contributed by atoms with Gasteiger partial charge in [-0.3, -0.25) is 0 Å². The Labute approximate surface area is 104 Å². The summed E-state index contributed by atoms with van der Waals surface area (Å²) in [6, 6.07) is 8.68. The van der Waals surface area contributed by atoms with Gasteiger partial charge in [-0.15, -0.1) is 0 Å². The second-order valence-electron chi connectivity index (χ2n) is 4.25. The molecule has 0 aliphatic carbocycles. The van der Waals surface area contributed by atoms with Crippen LogP contribution in [0.1, 0.15) is 45.1 Å². The topological polar surface area (TPSA) is 12.0 Å². The van der Waals surface area contributed by atoms with E-state index in [2.05, 4.69) is 25.2 Å². The van der Waals surface area contributed by atoms with E-state index in [9.17, 15) is 0 Å². The Bertz CT molecular complexity index is 293. The predicted octanol–water partition coefficient (Wildman–Crippen LogP) is 4.40. The molecule has 0 fully saturated rings. The molecule has 16 heavy (non-hydrogen) atoms. The van der Waals surface area contributed by atoms with Crippen molar-refractivity contribution < 1.29 is 0 Å². The highest BCUT2D eigenvalue weighted by molar-refractivity contribution is 6.31. The highest BCUT2D eigenvalue weighted by atomic mass is 35.5. The lowest BCUT2D eigenvalue weighted by molar-refractivity contribution is 0.443. The fraction of sp³-hybridized carbons (Fsp3) is 0.571. The van der Waals surface area contributed by atoms with Gasteiger partial charge in [0, 0.05) is 17.6 Å². The molecule has 2 heteroatoms. The fourth-order valence-electron chi connectivity index (χ4n) is 1.94. The molecule has 1 aromatic carbocycles. The molecule has 0 saturated carbocycles. The maximum atomic E-state index is 6.12. The molecule has 0 heterocycles. The monoisotopic (exact) mass is 239 g/mol. The minimum absolute atomic E-state index is 0.631. The third-order valence-electron chi connectivity index (χ3n) is 2.81. The Morgan fingerprint density at radius 1 is 1.12 bits per heavy atom. The predicted molar refractivity (Wildman–Crippen MR) is 71.9 cm³/mol. The van der Waals surface area contributed by atoms with Gasteiger partial charge in [0.25, 0.3) is 0 Å². The molecule has 0 unspecified atom stereocenters. The first-order chi connectivity index (χ1) is 7.77. The van der Waals surface area contributed by atoms with Crippen molar-refractivity contribution in [3.05, 3.63) is 34.9 Å². The summed E-state index contributed by atoms with van der Waals surface area (Å²) in [7, 11) is 0. The Morgan fingerprint density at radius 2 is 1.75 bits per heavy atom. The molecule has 0 bridgehead atoms. The average Bonchev–Trinajstić information content (AvgIpc) is 2.28. The van der Waals surface area contributed by atoms with Crippen molar-refractivity contribution in [2.24, 2.45) is 0 Å². The van der Waals surface area contributed by atoms with Crippen molar-refractivity contribution in [1.82, 2.24) is 5.32 Å². The lowest BCUT2D eigenvalue weighted by Crippen LogP contribution is -2.28. The summed E-state index contributed by atoms with van der Waals surface area (Å²) >= 11 is 6.12. The van der Waals surface area contributed by atoms with Crippen molar-refractivity contribution in [1.29, 1.82) is 0 Å². The second-order valence-corrected chi connectivity index (χ2v) is 4.65. The van der Waals surface area contributed by atoms with Gasteiger partial charge in [-0.1, -0.05) is 56.5 Å². The zero-order valence-corrected chi connectivity index (χ0v) is 11.1. The van der Waals surface area contributed by atoms with Crippen LogP contribution in [0.3, 0.4) is 0 Å². The third-order valence-corrected chi connectivity index (χ3v) is 3.18. The van der Waals surface area contributed by atoms with Gasteiger partial charge in [-0.25, -0.2) is 0 Å². The molecule has 0 radical (unpaired) electrons. The molecule has 1 N–H and O–H groups in total. The van der Waals surface area contributed by atoms with Crippen LogP contribution in [-0.4, -0.2) is 6.04 Å². The molecule has 0 aliphatic heterocycles. The molecule has 1 aromatic rings. The van der Waals surface area contributed by atoms with Crippen LogP contribution in [0.2, 0.25) is 5.02 Å². The normalized spacial score (nSPS) is 11.0. The number of hydrogen-bond acceptors (Lipinski definition) is 1. The molecule has 1 nitrogen and oxygen atoms in total. The standard InChI is InChI=1S/C14H22ClN/c1-3-7-13(8-4-2)16-11-12-9-5-6-10-14(12)15/h5-6,9-10,13,16H,3-4,7-8,11H2,1-2H3. The molecular weight excluding hydrogens is 218 g/mol. The molecule has 0 aromatic heterocycles. The van der Waals surface area contributed by atoms with Gasteiger partial charge in [-0.05, 0) is 24.5 Å². The van der Waals surface area contributed by atoms with E-state index in [1.807, 2.05) is 18.2 Å². The van der Waals surface area contributed by atoms with Crippen LogP contribution in [0.4, 0.5) is 0 Å². The summed E-state index contributed by atoms with van der Waals surface area (Å²) in [4.78, 5) is 0. The molecule has 0 saturated heterocycles. The van der Waals surface area contributed by atoms with Gasteiger partial charge < -0.3 is 5.32 Å². The molecule has 90 valence electrons. The van der Waals surface area contributed by atoms with E-state index in [0.29, 0.717) is 6.04 Å². The first-order valence-electron chi connectivity index (χ1n) is 6.24. The van der Waals surface area contributed by atoms with Crippen LogP contribution < -0.4 is 5.32 Å². The van der Waals surface area contributed by atoms with E-state index < -0.39 is 0 Å². The number of benzene rings is 1. The average molecular weight is 240 g/mol. The lowest BCUT2D eigenvalue weighted by Gasteiger charge is -2.17. The smallest absolute Gasteiger partial charge is 0.0450 e. The van der Waals surface area contributed by atoms with Crippen LogP contribution >= 0.6 is 11.6 Å². The SMILES string of the molecule is CCCC(CCC)NCc1ccccc1Cl. The minimum atomic E-state index is 0.631. The number of nitrogens with one attached hydrogen (secondary N) is 1. The number of rotatable bonds is 7. The summed E-state index contributed by atoms with van der Waals surface area (Å²) in [6.45, 7) is 5.35. The van der Waals surface area contributed by atoms with Gasteiger partial charge in [0.2, 0.25) is 0 Å². The first-order valence-corrected chi connectivity index (χ1v) is 6.62. The quantitative estimate of drug-likeness (QED) is 0.744. The fourth-order valence-corrected chi connectivity index (χ4v) is 2.14. The van der Waals surface area contributed by atoms with Gasteiger partial charge in [0.1, 0.15) is 0 Å². The molecule has 0 aliphatic rings. The Balaban J connectivity index is 2.45. The minimum Gasteiger partial charge on any atom is -0.310 e. The van der Waals surface area contributed by atoms with E-state index in [-0.39, 0.29) is 0 Å². The van der Waals surface area contributed by atoms with Crippen LogP contribution in [0.25, 0.3) is 0 Å². The van der Waals surface area contributed by atoms with Gasteiger partial charge in [0.15, 0.2) is 0 Å². The summed E-state index contributed by atoms with van der Waals surface area (Å²) < 4.78 is 0. The van der Waals surface area contributed by atoms with E-state index >= 15 is 0 Å². The highest BCUT2D eigenvalue weighted by Gasteiger charge is 2.06. The molecule has 1 rings (SSSR count). The zero-order valence-electron chi connectivity index (χ0n) is 10.3. The van der Waals surface area contributed by atoms with Gasteiger partial charge in [0.05, 0.1) is 0 Å². The van der Waals surface area contributed by atoms with Crippen molar-refractivity contribution in [2.75, 3.05) is 0 Å². The van der Waals surface area contributed by atoms with Crippen LogP contribution in [-0.2, 0) is 6.54 Å². The first kappa shape index (κ1) is 13.5.